The lowest BCUT2D eigenvalue weighted by Gasteiger charge is -2.50. The molecular weight excluding hydrogens is 488 g/mol. The zero-order valence-corrected chi connectivity index (χ0v) is 22.2. The molecular formula is C30H36O8. The molecule has 4 N–H and O–H groups in total. The Hall–Kier alpha value is -2.81. The molecule has 1 aromatic carbocycles. The van der Waals surface area contributed by atoms with E-state index in [1.54, 1.807) is 43.3 Å². The third-order valence-corrected chi connectivity index (χ3v) is 10.0. The van der Waals surface area contributed by atoms with Crippen LogP contribution in [0.4, 0.5) is 0 Å². The predicted octanol–water partition coefficient (Wildman–Crippen LogP) is 2.45. The first-order chi connectivity index (χ1) is 17.7. The summed E-state index contributed by atoms with van der Waals surface area (Å²) in [4.78, 5) is 38.6. The second kappa shape index (κ2) is 8.60. The lowest BCUT2D eigenvalue weighted by Crippen LogP contribution is -2.61. The zero-order chi connectivity index (χ0) is 27.8. The first-order valence-corrected chi connectivity index (χ1v) is 13.2. The average Bonchev–Trinajstić information content (AvgIpc) is 3.26. The largest absolute Gasteiger partial charge is 0.481 e. The second-order valence-corrected chi connectivity index (χ2v) is 12.3. The molecule has 8 atom stereocenters. The number of carboxylic acid groups (broad SMARTS) is 1. The Balaban J connectivity index is 1.52. The van der Waals surface area contributed by atoms with E-state index in [2.05, 4.69) is 0 Å². The molecule has 0 radical (unpaired) electrons. The van der Waals surface area contributed by atoms with Crippen molar-refractivity contribution < 1.29 is 39.5 Å². The summed E-state index contributed by atoms with van der Waals surface area (Å²) in [5, 5.41) is 44.0. The number of carboxylic acids is 1. The van der Waals surface area contributed by atoms with Gasteiger partial charge in [-0.05, 0) is 42.4 Å². The number of esters is 1. The molecule has 2 fully saturated rings. The maximum absolute atomic E-state index is 13.4. The molecule has 5 rings (SSSR count). The Morgan fingerprint density at radius 3 is 2.39 bits per heavy atom. The van der Waals surface area contributed by atoms with Gasteiger partial charge in [0.1, 0.15) is 11.2 Å². The number of rotatable bonds is 6. The summed E-state index contributed by atoms with van der Waals surface area (Å²) in [5.74, 6) is -6.38. The fourth-order valence-corrected chi connectivity index (χ4v) is 7.97. The monoisotopic (exact) mass is 524 g/mol. The number of benzene rings is 1. The maximum Gasteiger partial charge on any atom is 0.321 e. The molecule has 8 heteroatoms. The van der Waals surface area contributed by atoms with E-state index in [1.165, 1.54) is 0 Å². The summed E-state index contributed by atoms with van der Waals surface area (Å²) in [6, 6.07) is 8.91. The van der Waals surface area contributed by atoms with E-state index < -0.39 is 69.5 Å². The number of Topliss-reactive ketones (excluding diaryl/α,β-unsaturated/α-hetero) is 1. The van der Waals surface area contributed by atoms with Crippen molar-refractivity contribution in [3.63, 3.8) is 0 Å². The number of fused-ring (bicyclic) bond motifs is 5. The molecule has 1 aromatic rings. The van der Waals surface area contributed by atoms with Crippen LogP contribution in [0.25, 0.3) is 0 Å². The molecule has 0 spiro atoms. The molecule has 38 heavy (non-hydrogen) atoms. The van der Waals surface area contributed by atoms with Crippen molar-refractivity contribution in [2.45, 2.75) is 63.8 Å². The fourth-order valence-electron chi connectivity index (χ4n) is 7.97. The zero-order valence-electron chi connectivity index (χ0n) is 22.2. The lowest BCUT2D eigenvalue weighted by atomic mass is 9.60. The standard InChI is InChI=1S/C30H36O8/c1-16-10-22-28(36,24(16)32)14-19(15-31)12-21-23-27(3,4)29(23,13-17(2)30(21,22)37)38-26(35)20(25(33)34)11-18-8-6-5-7-9-18/h5-10,12,17,20-23,31,36-37H,11,13-15H2,1-4H3,(H,33,34)/t17-,20?,21+,22-,23-,28-,29+,30-/m1/s1. The molecule has 1 unspecified atom stereocenters. The van der Waals surface area contributed by atoms with Crippen molar-refractivity contribution in [3.05, 3.63) is 59.2 Å². The Morgan fingerprint density at radius 1 is 1.13 bits per heavy atom. The number of aliphatic carboxylic acids is 1. The van der Waals surface area contributed by atoms with Crippen LogP contribution in [-0.4, -0.2) is 61.6 Å². The first kappa shape index (κ1) is 26.8. The van der Waals surface area contributed by atoms with Crippen LogP contribution in [0, 0.1) is 35.0 Å². The molecule has 0 amide bonds. The highest BCUT2D eigenvalue weighted by Crippen LogP contribution is 2.76. The Kier molecular flexibility index (Phi) is 6.06. The molecule has 0 heterocycles. The van der Waals surface area contributed by atoms with Crippen LogP contribution in [0.3, 0.4) is 0 Å². The first-order valence-electron chi connectivity index (χ1n) is 13.2. The van der Waals surface area contributed by atoms with Crippen LogP contribution in [0.2, 0.25) is 0 Å². The molecule has 4 aliphatic rings. The van der Waals surface area contributed by atoms with E-state index in [1.807, 2.05) is 26.8 Å². The Morgan fingerprint density at radius 2 is 1.79 bits per heavy atom. The van der Waals surface area contributed by atoms with Crippen LogP contribution in [0.1, 0.15) is 46.1 Å². The van der Waals surface area contributed by atoms with Gasteiger partial charge in [-0.25, -0.2) is 0 Å². The van der Waals surface area contributed by atoms with Crippen molar-refractivity contribution >= 4 is 17.7 Å². The second-order valence-electron chi connectivity index (χ2n) is 12.3. The van der Waals surface area contributed by atoms with E-state index in [4.69, 9.17) is 4.74 Å². The summed E-state index contributed by atoms with van der Waals surface area (Å²) in [5.41, 5.74) is -3.54. The van der Waals surface area contributed by atoms with Gasteiger partial charge in [-0.15, -0.1) is 0 Å². The average molecular weight is 525 g/mol. The topological polar surface area (TPSA) is 141 Å². The van der Waals surface area contributed by atoms with Crippen LogP contribution in [0.15, 0.2) is 53.6 Å². The number of hydrogen-bond acceptors (Lipinski definition) is 7. The fraction of sp³-hybridized carbons (Fsp3) is 0.567. The van der Waals surface area contributed by atoms with Crippen LogP contribution in [0.5, 0.6) is 0 Å². The van der Waals surface area contributed by atoms with Gasteiger partial charge >= 0.3 is 11.9 Å². The third-order valence-electron chi connectivity index (χ3n) is 10.0. The Labute approximate surface area is 222 Å². The van der Waals surface area contributed by atoms with Gasteiger partial charge in [0.15, 0.2) is 11.7 Å². The van der Waals surface area contributed by atoms with Gasteiger partial charge in [0.2, 0.25) is 0 Å². The summed E-state index contributed by atoms with van der Waals surface area (Å²) in [7, 11) is 0. The minimum atomic E-state index is -1.86. The lowest BCUT2D eigenvalue weighted by molar-refractivity contribution is -0.190. The molecule has 0 bridgehead atoms. The van der Waals surface area contributed by atoms with Crippen molar-refractivity contribution in [3.8, 4) is 0 Å². The minimum absolute atomic E-state index is 0.00501. The number of ether oxygens (including phenoxy) is 1. The van der Waals surface area contributed by atoms with Gasteiger partial charge < -0.3 is 25.2 Å². The van der Waals surface area contributed by atoms with E-state index >= 15 is 0 Å². The van der Waals surface area contributed by atoms with Gasteiger partial charge in [0.05, 0.1) is 12.2 Å². The summed E-state index contributed by atoms with van der Waals surface area (Å²) >= 11 is 0. The van der Waals surface area contributed by atoms with Crippen molar-refractivity contribution in [2.24, 2.45) is 35.0 Å². The van der Waals surface area contributed by atoms with Crippen molar-refractivity contribution in [1.82, 2.24) is 0 Å². The van der Waals surface area contributed by atoms with Gasteiger partial charge in [0, 0.05) is 29.6 Å². The van der Waals surface area contributed by atoms with Gasteiger partial charge in [-0.2, -0.15) is 0 Å². The van der Waals surface area contributed by atoms with E-state index in [0.717, 1.165) is 0 Å². The molecule has 8 nitrogen and oxygen atoms in total. The predicted molar refractivity (Wildman–Crippen MR) is 137 cm³/mol. The van der Waals surface area contributed by atoms with Gasteiger partial charge in [-0.1, -0.05) is 63.3 Å². The number of aliphatic hydroxyl groups is 3. The van der Waals surface area contributed by atoms with Crippen LogP contribution in [-0.2, 0) is 25.5 Å². The van der Waals surface area contributed by atoms with E-state index in [9.17, 15) is 34.8 Å². The normalized spacial score (nSPS) is 39.5. The van der Waals surface area contributed by atoms with Gasteiger partial charge in [0.25, 0.3) is 0 Å². The SMILES string of the molecule is CC1=C[C@H]2[C@@]3(O)[C@H](C)C[C@]4(OC(=O)C(Cc5ccccc5)C(=O)O)[C@H]([C@@H]3C=C(CO)C[C@]2(O)C1=O)C4(C)C. The molecule has 4 aliphatic carbocycles. The summed E-state index contributed by atoms with van der Waals surface area (Å²) in [6.45, 7) is 6.91. The number of hydrogen-bond donors (Lipinski definition) is 4. The highest BCUT2D eigenvalue weighted by molar-refractivity contribution is 6.04. The molecule has 204 valence electrons. The van der Waals surface area contributed by atoms with E-state index in [-0.39, 0.29) is 25.9 Å². The van der Waals surface area contributed by atoms with Crippen molar-refractivity contribution in [1.29, 1.82) is 0 Å². The number of ketones is 1. The quantitative estimate of drug-likeness (QED) is 0.253. The molecule has 2 saturated carbocycles. The van der Waals surface area contributed by atoms with Gasteiger partial charge in [-0.3, -0.25) is 14.4 Å². The highest BCUT2D eigenvalue weighted by atomic mass is 16.6. The number of aliphatic hydroxyl groups excluding tert-OH is 1. The third kappa shape index (κ3) is 3.50. The maximum atomic E-state index is 13.4. The van der Waals surface area contributed by atoms with Crippen LogP contribution >= 0.6 is 0 Å². The Bertz CT molecular complexity index is 1250. The van der Waals surface area contributed by atoms with E-state index in [0.29, 0.717) is 16.7 Å². The molecule has 0 aliphatic heterocycles. The molecule has 0 saturated heterocycles. The molecule has 0 aromatic heterocycles. The highest BCUT2D eigenvalue weighted by Gasteiger charge is 2.83. The van der Waals surface area contributed by atoms with Crippen LogP contribution < -0.4 is 0 Å². The number of carbonyl (C=O) groups excluding carboxylic acids is 2. The minimum Gasteiger partial charge on any atom is -0.481 e. The smallest absolute Gasteiger partial charge is 0.321 e. The summed E-state index contributed by atoms with van der Waals surface area (Å²) < 4.78 is 6.15. The van der Waals surface area contributed by atoms with Crippen molar-refractivity contribution in [2.75, 3.05) is 6.61 Å². The summed E-state index contributed by atoms with van der Waals surface area (Å²) in [6.07, 6.45) is 3.55. The number of carbonyl (C=O) groups is 3.